The van der Waals surface area contributed by atoms with Gasteiger partial charge in [-0.15, -0.1) is 0 Å². The van der Waals surface area contributed by atoms with E-state index in [1.807, 2.05) is 32.0 Å². The SMILES string of the molecule is Cc1cc(C)cc(NC(C)P(=O)(O)O)c1. The van der Waals surface area contributed by atoms with Gasteiger partial charge in [-0.25, -0.2) is 0 Å². The lowest BCUT2D eigenvalue weighted by atomic mass is 10.1. The summed E-state index contributed by atoms with van der Waals surface area (Å²) in [5, 5.41) is 2.80. The Labute approximate surface area is 89.5 Å². The molecule has 0 aliphatic heterocycles. The third kappa shape index (κ3) is 3.67. The Kier molecular flexibility index (Phi) is 3.55. The molecule has 1 aromatic carbocycles. The van der Waals surface area contributed by atoms with Gasteiger partial charge in [-0.3, -0.25) is 4.57 Å². The molecule has 0 spiro atoms. The van der Waals surface area contributed by atoms with Crippen molar-refractivity contribution in [1.29, 1.82) is 0 Å². The van der Waals surface area contributed by atoms with Crippen molar-refractivity contribution in [2.45, 2.75) is 26.6 Å². The second kappa shape index (κ2) is 4.35. The summed E-state index contributed by atoms with van der Waals surface area (Å²) < 4.78 is 10.9. The minimum Gasteiger partial charge on any atom is -0.372 e. The van der Waals surface area contributed by atoms with Gasteiger partial charge in [0, 0.05) is 5.69 Å². The number of rotatable bonds is 3. The molecule has 1 atom stereocenters. The van der Waals surface area contributed by atoms with E-state index in [2.05, 4.69) is 5.32 Å². The molecule has 15 heavy (non-hydrogen) atoms. The van der Waals surface area contributed by atoms with E-state index in [1.165, 1.54) is 6.92 Å². The summed E-state index contributed by atoms with van der Waals surface area (Å²) in [4.78, 5) is 17.9. The van der Waals surface area contributed by atoms with Crippen molar-refractivity contribution in [1.82, 2.24) is 0 Å². The summed E-state index contributed by atoms with van der Waals surface area (Å²) in [6.07, 6.45) is 0. The number of hydrogen-bond acceptors (Lipinski definition) is 2. The maximum absolute atomic E-state index is 10.9. The molecule has 1 aromatic rings. The average Bonchev–Trinajstić information content (AvgIpc) is 1.99. The van der Waals surface area contributed by atoms with E-state index in [9.17, 15) is 4.57 Å². The highest BCUT2D eigenvalue weighted by Crippen LogP contribution is 2.41. The molecule has 0 amide bonds. The first-order chi connectivity index (χ1) is 6.79. The van der Waals surface area contributed by atoms with Crippen LogP contribution in [-0.4, -0.2) is 15.6 Å². The predicted octanol–water partition coefficient (Wildman–Crippen LogP) is 2.24. The second-order valence-corrected chi connectivity index (χ2v) is 5.74. The maximum atomic E-state index is 10.9. The van der Waals surface area contributed by atoms with Crippen molar-refractivity contribution in [3.8, 4) is 0 Å². The largest absolute Gasteiger partial charge is 0.372 e. The van der Waals surface area contributed by atoms with Crippen molar-refractivity contribution in [2.75, 3.05) is 5.32 Å². The van der Waals surface area contributed by atoms with Gasteiger partial charge in [0.2, 0.25) is 0 Å². The highest BCUT2D eigenvalue weighted by molar-refractivity contribution is 7.52. The lowest BCUT2D eigenvalue weighted by Gasteiger charge is -2.17. The fraction of sp³-hybridized carbons (Fsp3) is 0.400. The van der Waals surface area contributed by atoms with Crippen molar-refractivity contribution in [3.63, 3.8) is 0 Å². The van der Waals surface area contributed by atoms with Crippen LogP contribution < -0.4 is 5.32 Å². The molecular formula is C10H16NO3P. The zero-order valence-electron chi connectivity index (χ0n) is 9.06. The van der Waals surface area contributed by atoms with E-state index in [0.717, 1.165) is 16.8 Å². The zero-order valence-corrected chi connectivity index (χ0v) is 9.95. The van der Waals surface area contributed by atoms with Crippen LogP contribution in [0.3, 0.4) is 0 Å². The monoisotopic (exact) mass is 229 g/mol. The number of benzene rings is 1. The van der Waals surface area contributed by atoms with Crippen LogP contribution in [-0.2, 0) is 4.57 Å². The van der Waals surface area contributed by atoms with Crippen LogP contribution >= 0.6 is 7.60 Å². The Bertz CT molecular complexity index is 379. The molecule has 0 aromatic heterocycles. The van der Waals surface area contributed by atoms with E-state index < -0.39 is 13.4 Å². The number of aryl methyl sites for hydroxylation is 2. The molecule has 0 saturated carbocycles. The van der Waals surface area contributed by atoms with Gasteiger partial charge in [0.15, 0.2) is 0 Å². The Morgan fingerprint density at radius 2 is 1.67 bits per heavy atom. The molecule has 4 nitrogen and oxygen atoms in total. The van der Waals surface area contributed by atoms with Crippen LogP contribution in [0.15, 0.2) is 18.2 Å². The number of hydrogen-bond donors (Lipinski definition) is 3. The van der Waals surface area contributed by atoms with Gasteiger partial charge < -0.3 is 15.1 Å². The molecule has 3 N–H and O–H groups in total. The smallest absolute Gasteiger partial charge is 0.347 e. The lowest BCUT2D eigenvalue weighted by Crippen LogP contribution is -2.15. The van der Waals surface area contributed by atoms with Crippen LogP contribution in [0.5, 0.6) is 0 Å². The predicted molar refractivity (Wildman–Crippen MR) is 61.0 cm³/mol. The van der Waals surface area contributed by atoms with E-state index >= 15 is 0 Å². The standard InChI is InChI=1S/C10H16NO3P/c1-7-4-8(2)6-10(5-7)11-9(3)15(12,13)14/h4-6,9,11H,1-3H3,(H2,12,13,14). The molecule has 5 heteroatoms. The summed E-state index contributed by atoms with van der Waals surface area (Å²) >= 11 is 0. The van der Waals surface area contributed by atoms with E-state index in [-0.39, 0.29) is 0 Å². The first-order valence-electron chi connectivity index (χ1n) is 4.69. The molecule has 0 aliphatic carbocycles. The summed E-state index contributed by atoms with van der Waals surface area (Å²) in [6.45, 7) is 5.36. The lowest BCUT2D eigenvalue weighted by molar-refractivity contribution is 0.364. The second-order valence-electron chi connectivity index (χ2n) is 3.79. The van der Waals surface area contributed by atoms with E-state index in [0.29, 0.717) is 0 Å². The minimum atomic E-state index is -4.06. The minimum absolute atomic E-state index is 0.739. The van der Waals surface area contributed by atoms with Gasteiger partial charge in [-0.05, 0) is 44.0 Å². The van der Waals surface area contributed by atoms with Gasteiger partial charge in [0.25, 0.3) is 0 Å². The summed E-state index contributed by atoms with van der Waals surface area (Å²) in [5.74, 6) is -0.862. The van der Waals surface area contributed by atoms with Crippen LogP contribution in [0.1, 0.15) is 18.1 Å². The maximum Gasteiger partial charge on any atom is 0.347 e. The van der Waals surface area contributed by atoms with Gasteiger partial charge >= 0.3 is 7.60 Å². The highest BCUT2D eigenvalue weighted by atomic mass is 31.2. The summed E-state index contributed by atoms with van der Waals surface area (Å²) in [5.41, 5.74) is 2.87. The van der Waals surface area contributed by atoms with Crippen LogP contribution in [0.2, 0.25) is 0 Å². The van der Waals surface area contributed by atoms with Gasteiger partial charge in [-0.1, -0.05) is 6.07 Å². The molecule has 84 valence electrons. The van der Waals surface area contributed by atoms with Gasteiger partial charge in [-0.2, -0.15) is 0 Å². The Balaban J connectivity index is 2.86. The Morgan fingerprint density at radius 3 is 2.07 bits per heavy atom. The molecule has 0 bridgehead atoms. The molecule has 0 aliphatic rings. The molecule has 0 saturated heterocycles. The highest BCUT2D eigenvalue weighted by Gasteiger charge is 2.23. The topological polar surface area (TPSA) is 69.6 Å². The van der Waals surface area contributed by atoms with Crippen LogP contribution in [0, 0.1) is 13.8 Å². The summed E-state index contributed by atoms with van der Waals surface area (Å²) in [7, 11) is -4.06. The fourth-order valence-electron chi connectivity index (χ4n) is 1.38. The van der Waals surface area contributed by atoms with Crippen molar-refractivity contribution < 1.29 is 14.4 Å². The molecule has 0 fully saturated rings. The van der Waals surface area contributed by atoms with Crippen molar-refractivity contribution >= 4 is 13.3 Å². The van der Waals surface area contributed by atoms with Gasteiger partial charge in [0.05, 0.1) is 0 Å². The Morgan fingerprint density at radius 1 is 1.20 bits per heavy atom. The van der Waals surface area contributed by atoms with Crippen molar-refractivity contribution in [3.05, 3.63) is 29.3 Å². The number of anilines is 1. The van der Waals surface area contributed by atoms with E-state index in [1.54, 1.807) is 0 Å². The first-order valence-corrected chi connectivity index (χ1v) is 6.37. The van der Waals surface area contributed by atoms with Crippen LogP contribution in [0.4, 0.5) is 5.69 Å². The third-order valence-electron chi connectivity index (χ3n) is 2.10. The normalized spacial score (nSPS) is 13.7. The van der Waals surface area contributed by atoms with Gasteiger partial charge in [0.1, 0.15) is 5.78 Å². The third-order valence-corrected chi connectivity index (χ3v) is 3.24. The molecule has 0 heterocycles. The summed E-state index contributed by atoms with van der Waals surface area (Å²) in [6, 6.07) is 5.73. The quantitative estimate of drug-likeness (QED) is 0.695. The van der Waals surface area contributed by atoms with Crippen molar-refractivity contribution in [2.24, 2.45) is 0 Å². The molecule has 0 radical (unpaired) electrons. The first kappa shape index (κ1) is 12.2. The fourth-order valence-corrected chi connectivity index (χ4v) is 1.70. The molecule has 1 rings (SSSR count). The molecular weight excluding hydrogens is 213 g/mol. The molecule has 1 unspecified atom stereocenters. The average molecular weight is 229 g/mol. The van der Waals surface area contributed by atoms with E-state index in [4.69, 9.17) is 9.79 Å². The Hall–Kier alpha value is -0.830. The van der Waals surface area contributed by atoms with Crippen LogP contribution in [0.25, 0.3) is 0 Å². The number of nitrogens with one attached hydrogen (secondary N) is 1. The zero-order chi connectivity index (χ0) is 11.6.